The predicted octanol–water partition coefficient (Wildman–Crippen LogP) is 5.41. The van der Waals surface area contributed by atoms with Gasteiger partial charge in [-0.1, -0.05) is 43.2 Å². The summed E-state index contributed by atoms with van der Waals surface area (Å²) in [7, 11) is 4.85. The zero-order valence-electron chi connectivity index (χ0n) is 20.4. The third kappa shape index (κ3) is 4.87. The molecular formula is C26H31N3O5S. The number of rotatable bonds is 8. The largest absolute Gasteiger partial charge is 0.493 e. The van der Waals surface area contributed by atoms with Crippen LogP contribution in [0.15, 0.2) is 41.6 Å². The van der Waals surface area contributed by atoms with Crippen molar-refractivity contribution < 1.29 is 23.7 Å². The van der Waals surface area contributed by atoms with E-state index in [1.165, 1.54) is 19.3 Å². The lowest BCUT2D eigenvalue weighted by Crippen LogP contribution is -2.31. The summed E-state index contributed by atoms with van der Waals surface area (Å²) in [4.78, 5) is 0. The highest BCUT2D eigenvalue weighted by atomic mass is 32.2. The first-order chi connectivity index (χ1) is 17.2. The number of ether oxygens (including phenoxy) is 5. The normalized spacial score (nSPS) is 17.7. The van der Waals surface area contributed by atoms with E-state index in [0.717, 1.165) is 40.9 Å². The number of thioether (sulfide) groups is 1. The molecule has 2 aromatic carbocycles. The molecule has 1 aliphatic heterocycles. The maximum atomic E-state index is 6.17. The average Bonchev–Trinajstić information content (AvgIpc) is 3.35. The molecule has 0 amide bonds. The van der Waals surface area contributed by atoms with Gasteiger partial charge in [0.05, 0.1) is 21.3 Å². The van der Waals surface area contributed by atoms with Crippen LogP contribution in [-0.2, 0) is 0 Å². The minimum absolute atomic E-state index is 0.0592. The van der Waals surface area contributed by atoms with Gasteiger partial charge in [0.15, 0.2) is 34.0 Å². The lowest BCUT2D eigenvalue weighted by Gasteiger charge is -2.27. The molecule has 186 valence electrons. The Morgan fingerprint density at radius 2 is 1.66 bits per heavy atom. The summed E-state index contributed by atoms with van der Waals surface area (Å²) in [6, 6.07) is 12.0. The Balaban J connectivity index is 1.44. The Labute approximate surface area is 209 Å². The molecule has 2 heterocycles. The van der Waals surface area contributed by atoms with Crippen molar-refractivity contribution in [3.05, 3.63) is 36.4 Å². The molecule has 1 aromatic heterocycles. The smallest absolute Gasteiger partial charge is 0.203 e. The van der Waals surface area contributed by atoms with E-state index in [-0.39, 0.29) is 6.10 Å². The number of aromatic nitrogens is 3. The Morgan fingerprint density at radius 3 is 2.34 bits per heavy atom. The first-order valence-corrected chi connectivity index (χ1v) is 13.0. The highest BCUT2D eigenvalue weighted by Crippen LogP contribution is 2.43. The predicted molar refractivity (Wildman–Crippen MR) is 134 cm³/mol. The molecule has 1 aliphatic carbocycles. The van der Waals surface area contributed by atoms with Gasteiger partial charge in [0.25, 0.3) is 0 Å². The van der Waals surface area contributed by atoms with Gasteiger partial charge < -0.3 is 23.7 Å². The quantitative estimate of drug-likeness (QED) is 0.383. The van der Waals surface area contributed by atoms with Crippen LogP contribution in [0.1, 0.15) is 38.1 Å². The maximum absolute atomic E-state index is 6.17. The lowest BCUT2D eigenvalue weighted by atomic mass is 9.95. The van der Waals surface area contributed by atoms with Crippen molar-refractivity contribution in [2.75, 3.05) is 33.7 Å². The molecular weight excluding hydrogens is 466 g/mol. The van der Waals surface area contributed by atoms with Gasteiger partial charge in [-0.15, -0.1) is 10.2 Å². The number of benzene rings is 2. The topological polar surface area (TPSA) is 76.9 Å². The van der Waals surface area contributed by atoms with Crippen LogP contribution in [0.25, 0.3) is 11.4 Å². The Morgan fingerprint density at radius 1 is 0.943 bits per heavy atom. The van der Waals surface area contributed by atoms with Gasteiger partial charge in [0.1, 0.15) is 12.7 Å². The van der Waals surface area contributed by atoms with E-state index in [1.54, 1.807) is 33.1 Å². The maximum Gasteiger partial charge on any atom is 0.203 e. The number of para-hydroxylation sites is 2. The highest BCUT2D eigenvalue weighted by molar-refractivity contribution is 7.99. The minimum Gasteiger partial charge on any atom is -0.493 e. The van der Waals surface area contributed by atoms with Crippen LogP contribution in [0.3, 0.4) is 0 Å². The van der Waals surface area contributed by atoms with Crippen molar-refractivity contribution in [2.45, 2.75) is 49.4 Å². The molecule has 1 fully saturated rings. The van der Waals surface area contributed by atoms with Crippen LogP contribution in [0.2, 0.25) is 0 Å². The van der Waals surface area contributed by atoms with Gasteiger partial charge in [0.2, 0.25) is 5.75 Å². The molecule has 0 saturated heterocycles. The van der Waals surface area contributed by atoms with Crippen molar-refractivity contribution in [1.82, 2.24) is 14.8 Å². The van der Waals surface area contributed by atoms with E-state index < -0.39 is 0 Å². The Hall–Kier alpha value is -3.07. The van der Waals surface area contributed by atoms with E-state index in [2.05, 4.69) is 14.8 Å². The van der Waals surface area contributed by atoms with Gasteiger partial charge in [-0.3, -0.25) is 4.57 Å². The molecule has 9 heteroatoms. The van der Waals surface area contributed by atoms with Gasteiger partial charge in [0, 0.05) is 17.4 Å². The first-order valence-electron chi connectivity index (χ1n) is 12.0. The number of hydrogen-bond donors (Lipinski definition) is 0. The van der Waals surface area contributed by atoms with Crippen molar-refractivity contribution >= 4 is 11.8 Å². The second-order valence-corrected chi connectivity index (χ2v) is 9.68. The molecule has 5 rings (SSSR count). The van der Waals surface area contributed by atoms with Crippen molar-refractivity contribution in [3.63, 3.8) is 0 Å². The fraction of sp³-hybridized carbons (Fsp3) is 0.462. The molecule has 8 nitrogen and oxygen atoms in total. The summed E-state index contributed by atoms with van der Waals surface area (Å²) in [5, 5.41) is 10.1. The first kappa shape index (κ1) is 23.7. The van der Waals surface area contributed by atoms with E-state index in [9.17, 15) is 0 Å². The van der Waals surface area contributed by atoms with Crippen LogP contribution in [-0.4, -0.2) is 54.6 Å². The van der Waals surface area contributed by atoms with Gasteiger partial charge in [-0.2, -0.15) is 0 Å². The second-order valence-electron chi connectivity index (χ2n) is 8.69. The van der Waals surface area contributed by atoms with E-state index in [0.29, 0.717) is 35.7 Å². The van der Waals surface area contributed by atoms with E-state index in [1.807, 2.05) is 36.4 Å². The number of methoxy groups -OCH3 is 3. The van der Waals surface area contributed by atoms with Gasteiger partial charge in [-0.05, 0) is 37.1 Å². The summed E-state index contributed by atoms with van der Waals surface area (Å²) in [6.45, 7) is 0.515. The van der Waals surface area contributed by atoms with Crippen molar-refractivity contribution in [3.8, 4) is 40.1 Å². The van der Waals surface area contributed by atoms with Crippen LogP contribution in [0, 0.1) is 0 Å². The summed E-state index contributed by atoms with van der Waals surface area (Å²) in [5.74, 6) is 4.87. The molecule has 35 heavy (non-hydrogen) atoms. The van der Waals surface area contributed by atoms with Crippen LogP contribution < -0.4 is 23.7 Å². The second kappa shape index (κ2) is 10.7. The molecule has 0 spiro atoms. The minimum atomic E-state index is -0.0592. The van der Waals surface area contributed by atoms with Crippen molar-refractivity contribution in [2.24, 2.45) is 0 Å². The molecule has 1 atom stereocenters. The van der Waals surface area contributed by atoms with Crippen LogP contribution in [0.5, 0.6) is 28.7 Å². The summed E-state index contributed by atoms with van der Waals surface area (Å²) < 4.78 is 31.0. The Bertz CT molecular complexity index is 1140. The number of nitrogens with zero attached hydrogens (tertiary/aromatic N) is 3. The van der Waals surface area contributed by atoms with Crippen LogP contribution in [0.4, 0.5) is 0 Å². The molecule has 2 aliphatic rings. The number of hydrogen-bond acceptors (Lipinski definition) is 8. The molecule has 3 aromatic rings. The fourth-order valence-electron chi connectivity index (χ4n) is 4.76. The monoisotopic (exact) mass is 497 g/mol. The molecule has 0 bridgehead atoms. The summed E-state index contributed by atoms with van der Waals surface area (Å²) >= 11 is 1.66. The standard InChI is InChI=1S/C26H31N3O5S/c1-30-22-13-17(14-23(31-2)24(22)32-3)25-27-28-26(29(25)18-9-5-4-6-10-18)35-16-19-15-33-20-11-7-8-12-21(20)34-19/h7-8,11-14,18-19H,4-6,9-10,15-16H2,1-3H3. The summed E-state index contributed by atoms with van der Waals surface area (Å²) in [6.07, 6.45) is 5.85. The van der Waals surface area contributed by atoms with E-state index in [4.69, 9.17) is 23.7 Å². The molecule has 0 radical (unpaired) electrons. The van der Waals surface area contributed by atoms with Crippen molar-refractivity contribution in [1.29, 1.82) is 0 Å². The van der Waals surface area contributed by atoms with Crippen LogP contribution >= 0.6 is 11.8 Å². The molecule has 0 N–H and O–H groups in total. The third-order valence-electron chi connectivity index (χ3n) is 6.49. The van der Waals surface area contributed by atoms with Gasteiger partial charge in [-0.25, -0.2) is 0 Å². The highest BCUT2D eigenvalue weighted by Gasteiger charge is 2.27. The summed E-state index contributed by atoms with van der Waals surface area (Å²) in [5.41, 5.74) is 0.885. The van der Waals surface area contributed by atoms with E-state index >= 15 is 0 Å². The third-order valence-corrected chi connectivity index (χ3v) is 7.57. The van der Waals surface area contributed by atoms with Gasteiger partial charge >= 0.3 is 0 Å². The SMILES string of the molecule is COc1cc(-c2nnc(SCC3COc4ccccc4O3)n2C2CCCCC2)cc(OC)c1OC. The lowest BCUT2D eigenvalue weighted by molar-refractivity contribution is 0.107. The fourth-order valence-corrected chi connectivity index (χ4v) is 5.74. The zero-order chi connectivity index (χ0) is 24.2. The zero-order valence-corrected chi connectivity index (χ0v) is 21.2. The Kier molecular flexibility index (Phi) is 7.22. The number of fused-ring (bicyclic) bond motifs is 1. The molecule has 1 unspecified atom stereocenters. The molecule has 1 saturated carbocycles. The average molecular weight is 498 g/mol.